The quantitative estimate of drug-likeness (QED) is 0.779. The van der Waals surface area contributed by atoms with Gasteiger partial charge < -0.3 is 5.73 Å². The van der Waals surface area contributed by atoms with Gasteiger partial charge in [-0.05, 0) is 24.1 Å². The summed E-state index contributed by atoms with van der Waals surface area (Å²) in [5.41, 5.74) is 6.58. The van der Waals surface area contributed by atoms with Crippen LogP contribution in [0.1, 0.15) is 18.0 Å². The molecule has 0 saturated carbocycles. The van der Waals surface area contributed by atoms with Gasteiger partial charge in [0.1, 0.15) is 0 Å². The SMILES string of the molecule is C=CC[C@H](N)c1ccnc(S(C)(=O)=O)c1. The van der Waals surface area contributed by atoms with Crippen LogP contribution in [0.2, 0.25) is 0 Å². The molecule has 1 rings (SSSR count). The average molecular weight is 226 g/mol. The van der Waals surface area contributed by atoms with Crippen molar-refractivity contribution in [2.24, 2.45) is 5.73 Å². The summed E-state index contributed by atoms with van der Waals surface area (Å²) in [5.74, 6) is 0. The molecule has 1 aromatic heterocycles. The fourth-order valence-corrected chi connectivity index (χ4v) is 1.78. The fraction of sp³-hybridized carbons (Fsp3) is 0.300. The number of hydrogen-bond acceptors (Lipinski definition) is 4. The third-order valence-corrected chi connectivity index (χ3v) is 2.97. The van der Waals surface area contributed by atoms with Crippen LogP contribution in [-0.2, 0) is 9.84 Å². The summed E-state index contributed by atoms with van der Waals surface area (Å²) in [6, 6.07) is 2.98. The molecule has 0 radical (unpaired) electrons. The maximum Gasteiger partial charge on any atom is 0.192 e. The molecule has 5 heteroatoms. The molecule has 2 N–H and O–H groups in total. The molecule has 0 aromatic carbocycles. The lowest BCUT2D eigenvalue weighted by atomic mass is 10.1. The van der Waals surface area contributed by atoms with E-state index in [1.165, 1.54) is 12.3 Å². The Morgan fingerprint density at radius 2 is 2.33 bits per heavy atom. The van der Waals surface area contributed by atoms with Crippen LogP contribution < -0.4 is 5.73 Å². The number of aromatic nitrogens is 1. The van der Waals surface area contributed by atoms with E-state index in [9.17, 15) is 8.42 Å². The molecule has 82 valence electrons. The monoisotopic (exact) mass is 226 g/mol. The van der Waals surface area contributed by atoms with Crippen LogP contribution in [0, 0.1) is 0 Å². The Bertz CT molecular complexity index is 454. The van der Waals surface area contributed by atoms with Gasteiger partial charge in [0, 0.05) is 18.5 Å². The van der Waals surface area contributed by atoms with Crippen LogP contribution in [0.15, 0.2) is 36.0 Å². The molecule has 4 nitrogen and oxygen atoms in total. The van der Waals surface area contributed by atoms with E-state index >= 15 is 0 Å². The van der Waals surface area contributed by atoms with E-state index in [0.717, 1.165) is 11.8 Å². The second-order valence-corrected chi connectivity index (χ2v) is 5.29. The van der Waals surface area contributed by atoms with Crippen molar-refractivity contribution in [2.45, 2.75) is 17.5 Å². The van der Waals surface area contributed by atoms with Gasteiger partial charge in [0.2, 0.25) is 0 Å². The number of nitrogens with two attached hydrogens (primary N) is 1. The zero-order valence-electron chi connectivity index (χ0n) is 8.55. The van der Waals surface area contributed by atoms with Crippen LogP contribution in [0.5, 0.6) is 0 Å². The number of pyridine rings is 1. The van der Waals surface area contributed by atoms with Crippen LogP contribution in [-0.4, -0.2) is 19.7 Å². The molecule has 0 saturated heterocycles. The molecule has 0 amide bonds. The predicted octanol–water partition coefficient (Wildman–Crippen LogP) is 1.06. The van der Waals surface area contributed by atoms with E-state index in [2.05, 4.69) is 11.6 Å². The van der Waals surface area contributed by atoms with Crippen molar-refractivity contribution in [1.82, 2.24) is 4.98 Å². The van der Waals surface area contributed by atoms with Gasteiger partial charge in [0.15, 0.2) is 14.9 Å². The van der Waals surface area contributed by atoms with Crippen LogP contribution in [0.25, 0.3) is 0 Å². The molecule has 0 fully saturated rings. The number of rotatable bonds is 4. The first-order chi connectivity index (χ1) is 6.95. The van der Waals surface area contributed by atoms with Crippen molar-refractivity contribution in [3.63, 3.8) is 0 Å². The normalized spacial score (nSPS) is 13.5. The second-order valence-electron chi connectivity index (χ2n) is 3.33. The van der Waals surface area contributed by atoms with Gasteiger partial charge in [-0.3, -0.25) is 0 Å². The van der Waals surface area contributed by atoms with Crippen LogP contribution >= 0.6 is 0 Å². The van der Waals surface area contributed by atoms with Crippen LogP contribution in [0.3, 0.4) is 0 Å². The molecule has 15 heavy (non-hydrogen) atoms. The van der Waals surface area contributed by atoms with Crippen molar-refractivity contribution in [1.29, 1.82) is 0 Å². The topological polar surface area (TPSA) is 73.0 Å². The minimum Gasteiger partial charge on any atom is -0.324 e. The van der Waals surface area contributed by atoms with Gasteiger partial charge in [-0.1, -0.05) is 6.08 Å². The van der Waals surface area contributed by atoms with Gasteiger partial charge in [-0.2, -0.15) is 0 Å². The third kappa shape index (κ3) is 3.14. The van der Waals surface area contributed by atoms with Crippen molar-refractivity contribution < 1.29 is 8.42 Å². The first-order valence-corrected chi connectivity index (χ1v) is 6.37. The lowest BCUT2D eigenvalue weighted by molar-refractivity contribution is 0.597. The van der Waals surface area contributed by atoms with Gasteiger partial charge in [-0.15, -0.1) is 6.58 Å². The lowest BCUT2D eigenvalue weighted by Crippen LogP contribution is -2.10. The summed E-state index contributed by atoms with van der Waals surface area (Å²) < 4.78 is 22.5. The highest BCUT2D eigenvalue weighted by molar-refractivity contribution is 7.90. The summed E-state index contributed by atoms with van der Waals surface area (Å²) in [6.45, 7) is 3.58. The van der Waals surface area contributed by atoms with Gasteiger partial charge >= 0.3 is 0 Å². The highest BCUT2D eigenvalue weighted by Crippen LogP contribution is 2.16. The molecule has 0 aliphatic carbocycles. The van der Waals surface area contributed by atoms with Crippen molar-refractivity contribution in [2.75, 3.05) is 6.26 Å². The molecule has 0 spiro atoms. The Kier molecular flexibility index (Phi) is 3.60. The average Bonchev–Trinajstić information content (AvgIpc) is 2.17. The second kappa shape index (κ2) is 4.55. The smallest absolute Gasteiger partial charge is 0.192 e. The van der Waals surface area contributed by atoms with E-state index in [4.69, 9.17) is 5.73 Å². The zero-order valence-corrected chi connectivity index (χ0v) is 9.37. The van der Waals surface area contributed by atoms with Crippen molar-refractivity contribution in [3.8, 4) is 0 Å². The first-order valence-electron chi connectivity index (χ1n) is 4.47. The maximum atomic E-state index is 11.2. The summed E-state index contributed by atoms with van der Waals surface area (Å²) in [5, 5.41) is 0.0551. The minimum absolute atomic E-state index is 0.0551. The zero-order chi connectivity index (χ0) is 11.5. The summed E-state index contributed by atoms with van der Waals surface area (Å²) in [6.07, 6.45) is 4.88. The summed E-state index contributed by atoms with van der Waals surface area (Å²) >= 11 is 0. The van der Waals surface area contributed by atoms with Crippen molar-refractivity contribution >= 4 is 9.84 Å². The van der Waals surface area contributed by atoms with Gasteiger partial charge in [-0.25, -0.2) is 13.4 Å². The largest absolute Gasteiger partial charge is 0.324 e. The molecule has 1 atom stereocenters. The Labute approximate surface area is 89.8 Å². The van der Waals surface area contributed by atoms with E-state index in [-0.39, 0.29) is 11.1 Å². The standard InChI is InChI=1S/C10H14N2O2S/c1-3-4-9(11)8-5-6-12-10(7-8)15(2,13)14/h3,5-7,9H,1,4,11H2,2H3/t9-/m0/s1. The Morgan fingerprint density at radius 1 is 1.67 bits per heavy atom. The molecule has 0 unspecified atom stereocenters. The van der Waals surface area contributed by atoms with Gasteiger partial charge in [0.25, 0.3) is 0 Å². The Hall–Kier alpha value is -1.20. The number of hydrogen-bond donors (Lipinski definition) is 1. The molecule has 0 bridgehead atoms. The molecule has 0 aliphatic heterocycles. The highest BCUT2D eigenvalue weighted by atomic mass is 32.2. The first kappa shape index (κ1) is 11.9. The third-order valence-electron chi connectivity index (χ3n) is 1.99. The van der Waals surface area contributed by atoms with E-state index in [1.807, 2.05) is 0 Å². The maximum absolute atomic E-state index is 11.2. The Morgan fingerprint density at radius 3 is 2.87 bits per heavy atom. The summed E-state index contributed by atoms with van der Waals surface area (Å²) in [7, 11) is -3.27. The molecule has 1 heterocycles. The molecular formula is C10H14N2O2S. The fourth-order valence-electron chi connectivity index (χ4n) is 1.17. The summed E-state index contributed by atoms with van der Waals surface area (Å²) in [4.78, 5) is 3.78. The Balaban J connectivity index is 3.08. The highest BCUT2D eigenvalue weighted by Gasteiger charge is 2.11. The van der Waals surface area contributed by atoms with Crippen LogP contribution in [0.4, 0.5) is 0 Å². The van der Waals surface area contributed by atoms with Crippen molar-refractivity contribution in [3.05, 3.63) is 36.5 Å². The number of nitrogens with zero attached hydrogens (tertiary/aromatic N) is 1. The minimum atomic E-state index is -3.27. The lowest BCUT2D eigenvalue weighted by Gasteiger charge is -2.09. The van der Waals surface area contributed by atoms with E-state index < -0.39 is 9.84 Å². The van der Waals surface area contributed by atoms with E-state index in [1.54, 1.807) is 12.1 Å². The van der Waals surface area contributed by atoms with E-state index in [0.29, 0.717) is 6.42 Å². The predicted molar refractivity (Wildman–Crippen MR) is 59.1 cm³/mol. The molecule has 1 aromatic rings. The molecular weight excluding hydrogens is 212 g/mol. The van der Waals surface area contributed by atoms with Gasteiger partial charge in [0.05, 0.1) is 0 Å². The molecule has 0 aliphatic rings. The number of sulfone groups is 1.